The highest BCUT2D eigenvalue weighted by atomic mass is 32.3. The largest absolute Gasteiger partial charge is 0.394 e. The maximum atomic E-state index is 8.74. The fourth-order valence-electron chi connectivity index (χ4n) is 1.13. The van der Waals surface area contributed by atoms with E-state index in [9.17, 15) is 0 Å². The van der Waals surface area contributed by atoms with Crippen molar-refractivity contribution < 1.29 is 17.5 Å². The smallest absolute Gasteiger partial charge is 0.264 e. The number of hydrogen-bond acceptors (Lipinski definition) is 2. The summed E-state index contributed by atoms with van der Waals surface area (Å²) >= 11 is 0. The Morgan fingerprint density at radius 1 is 0.733 bits per heavy atom. The SMILES string of the molecule is O=S(=O)(O)O.c1ccc2cccc-2cc1. The fourth-order valence-corrected chi connectivity index (χ4v) is 1.13. The van der Waals surface area contributed by atoms with Crippen LogP contribution < -0.4 is 0 Å². The molecule has 0 aliphatic heterocycles. The molecule has 0 aromatic carbocycles. The van der Waals surface area contributed by atoms with Crippen molar-refractivity contribution in [1.29, 1.82) is 0 Å². The van der Waals surface area contributed by atoms with Crippen molar-refractivity contribution in [2.75, 3.05) is 0 Å². The molecule has 4 nitrogen and oxygen atoms in total. The zero-order valence-corrected chi connectivity index (χ0v) is 8.55. The van der Waals surface area contributed by atoms with E-state index in [4.69, 9.17) is 17.5 Å². The van der Waals surface area contributed by atoms with Crippen LogP contribution in [0.15, 0.2) is 48.5 Å². The lowest BCUT2D eigenvalue weighted by Gasteiger charge is -1.85. The van der Waals surface area contributed by atoms with E-state index in [1.54, 1.807) is 0 Å². The first-order valence-corrected chi connectivity index (χ1v) is 5.50. The second-order valence-corrected chi connectivity index (χ2v) is 3.69. The summed E-state index contributed by atoms with van der Waals surface area (Å²) < 4.78 is 31.6. The molecule has 0 saturated carbocycles. The molecule has 0 atom stereocenters. The average Bonchev–Trinajstić information content (AvgIpc) is 2.40. The van der Waals surface area contributed by atoms with Gasteiger partial charge in [-0.25, -0.2) is 0 Å². The van der Waals surface area contributed by atoms with E-state index >= 15 is 0 Å². The monoisotopic (exact) mass is 226 g/mol. The Hall–Kier alpha value is -1.43. The van der Waals surface area contributed by atoms with Crippen LogP contribution in [0, 0.1) is 0 Å². The van der Waals surface area contributed by atoms with Crippen LogP contribution in [0.3, 0.4) is 0 Å². The minimum Gasteiger partial charge on any atom is -0.264 e. The van der Waals surface area contributed by atoms with E-state index in [1.807, 2.05) is 6.07 Å². The molecule has 2 aliphatic rings. The Morgan fingerprint density at radius 2 is 1.07 bits per heavy atom. The summed E-state index contributed by atoms with van der Waals surface area (Å²) in [5.74, 6) is 0. The van der Waals surface area contributed by atoms with Crippen LogP contribution >= 0.6 is 0 Å². The number of rotatable bonds is 0. The summed E-state index contributed by atoms with van der Waals surface area (Å²) in [7, 11) is -4.67. The van der Waals surface area contributed by atoms with Gasteiger partial charge in [0.15, 0.2) is 0 Å². The Bertz CT molecular complexity index is 457. The summed E-state index contributed by atoms with van der Waals surface area (Å²) in [6.45, 7) is 0. The lowest BCUT2D eigenvalue weighted by Crippen LogP contribution is -1.89. The molecule has 0 unspecified atom stereocenters. The van der Waals surface area contributed by atoms with E-state index in [-0.39, 0.29) is 0 Å². The topological polar surface area (TPSA) is 74.6 Å². The minimum atomic E-state index is -4.67. The van der Waals surface area contributed by atoms with E-state index in [0.29, 0.717) is 0 Å². The van der Waals surface area contributed by atoms with Crippen LogP contribution in [0.1, 0.15) is 0 Å². The molecule has 0 aromatic heterocycles. The standard InChI is InChI=1S/C10H8.H2O4S/c1-2-5-9-7-4-8-10(9)6-3-1;1-5(2,3)4/h1-8H;(H2,1,2,3,4). The first-order valence-electron chi connectivity index (χ1n) is 4.10. The van der Waals surface area contributed by atoms with Crippen molar-refractivity contribution >= 4 is 10.4 Å². The van der Waals surface area contributed by atoms with Crippen LogP contribution in [0.5, 0.6) is 0 Å². The van der Waals surface area contributed by atoms with Crippen LogP contribution in [0.2, 0.25) is 0 Å². The van der Waals surface area contributed by atoms with Gasteiger partial charge in [-0.05, 0) is 11.1 Å². The van der Waals surface area contributed by atoms with Gasteiger partial charge in [-0.3, -0.25) is 9.11 Å². The summed E-state index contributed by atoms with van der Waals surface area (Å²) in [6.07, 6.45) is 0. The van der Waals surface area contributed by atoms with Crippen LogP contribution in [-0.2, 0) is 10.4 Å². The molecule has 0 bridgehead atoms. The summed E-state index contributed by atoms with van der Waals surface area (Å²) in [6, 6.07) is 16.7. The van der Waals surface area contributed by atoms with Gasteiger partial charge in [0, 0.05) is 0 Å². The Balaban J connectivity index is 0.000000195. The second kappa shape index (κ2) is 4.88. The molecule has 5 heteroatoms. The van der Waals surface area contributed by atoms with Gasteiger partial charge < -0.3 is 0 Å². The molecule has 0 heterocycles. The van der Waals surface area contributed by atoms with Gasteiger partial charge in [0.1, 0.15) is 0 Å². The van der Waals surface area contributed by atoms with Crippen molar-refractivity contribution in [3.63, 3.8) is 0 Å². The molecule has 0 fully saturated rings. The normalized spacial score (nSPS) is 10.5. The molecular formula is C10H10O4S. The van der Waals surface area contributed by atoms with Gasteiger partial charge in [-0.15, -0.1) is 0 Å². The number of hydrogen-bond donors (Lipinski definition) is 2. The van der Waals surface area contributed by atoms with Crippen LogP contribution in [0.25, 0.3) is 11.1 Å². The Labute approximate surface area is 88.1 Å². The molecule has 0 radical (unpaired) electrons. The first-order chi connectivity index (χ1) is 6.97. The van der Waals surface area contributed by atoms with Gasteiger partial charge >= 0.3 is 10.4 Å². The quantitative estimate of drug-likeness (QED) is 0.675. The highest BCUT2D eigenvalue weighted by molar-refractivity contribution is 7.79. The van der Waals surface area contributed by atoms with Crippen molar-refractivity contribution in [3.8, 4) is 11.1 Å². The molecular weight excluding hydrogens is 216 g/mol. The average molecular weight is 226 g/mol. The molecule has 0 amide bonds. The van der Waals surface area contributed by atoms with Gasteiger partial charge in [-0.1, -0.05) is 48.5 Å². The molecule has 80 valence electrons. The molecule has 0 spiro atoms. The second-order valence-electron chi connectivity index (χ2n) is 2.79. The third-order valence-corrected chi connectivity index (χ3v) is 1.66. The zero-order valence-electron chi connectivity index (χ0n) is 7.74. The minimum absolute atomic E-state index is 1.31. The maximum absolute atomic E-state index is 8.74. The van der Waals surface area contributed by atoms with Crippen LogP contribution in [-0.4, -0.2) is 17.5 Å². The molecule has 2 N–H and O–H groups in total. The fraction of sp³-hybridized carbons (Fsp3) is 0. The molecule has 2 aliphatic carbocycles. The van der Waals surface area contributed by atoms with Gasteiger partial charge in [0.2, 0.25) is 0 Å². The first kappa shape index (κ1) is 11.6. The predicted molar refractivity (Wildman–Crippen MR) is 57.2 cm³/mol. The van der Waals surface area contributed by atoms with Gasteiger partial charge in [0.05, 0.1) is 0 Å². The Kier molecular flexibility index (Phi) is 3.79. The maximum Gasteiger partial charge on any atom is 0.394 e. The van der Waals surface area contributed by atoms with Crippen molar-refractivity contribution in [2.45, 2.75) is 0 Å². The van der Waals surface area contributed by atoms with E-state index < -0.39 is 10.4 Å². The van der Waals surface area contributed by atoms with Crippen molar-refractivity contribution in [1.82, 2.24) is 0 Å². The third-order valence-electron chi connectivity index (χ3n) is 1.66. The lowest BCUT2D eigenvalue weighted by molar-refractivity contribution is 0.381. The summed E-state index contributed by atoms with van der Waals surface area (Å²) in [4.78, 5) is 0. The van der Waals surface area contributed by atoms with E-state index in [2.05, 4.69) is 42.5 Å². The third kappa shape index (κ3) is 5.11. The van der Waals surface area contributed by atoms with E-state index in [1.165, 1.54) is 11.1 Å². The van der Waals surface area contributed by atoms with Crippen molar-refractivity contribution in [2.24, 2.45) is 0 Å². The highest BCUT2D eigenvalue weighted by Crippen LogP contribution is 2.19. The molecule has 2 rings (SSSR count). The number of fused-ring (bicyclic) bond motifs is 1. The summed E-state index contributed by atoms with van der Waals surface area (Å²) in [5, 5.41) is 0. The van der Waals surface area contributed by atoms with Gasteiger partial charge in [0.25, 0.3) is 0 Å². The lowest BCUT2D eigenvalue weighted by atomic mass is 10.2. The Morgan fingerprint density at radius 3 is 1.47 bits per heavy atom. The van der Waals surface area contributed by atoms with Crippen LogP contribution in [0.4, 0.5) is 0 Å². The molecule has 0 aromatic rings. The molecule has 0 saturated heterocycles. The summed E-state index contributed by atoms with van der Waals surface area (Å²) in [5.41, 5.74) is 2.62. The zero-order chi connectivity index (χ0) is 11.3. The van der Waals surface area contributed by atoms with Crippen molar-refractivity contribution in [3.05, 3.63) is 48.5 Å². The van der Waals surface area contributed by atoms with E-state index in [0.717, 1.165) is 0 Å². The predicted octanol–water partition coefficient (Wildman–Crippen LogP) is 2.14. The molecule has 15 heavy (non-hydrogen) atoms. The highest BCUT2D eigenvalue weighted by Gasteiger charge is 1.94. The van der Waals surface area contributed by atoms with Gasteiger partial charge in [-0.2, -0.15) is 8.42 Å².